The van der Waals surface area contributed by atoms with Crippen molar-refractivity contribution in [3.05, 3.63) is 81.8 Å². The summed E-state index contributed by atoms with van der Waals surface area (Å²) in [7, 11) is -4.02. The van der Waals surface area contributed by atoms with E-state index in [1.54, 1.807) is 24.3 Å². The Hall–Kier alpha value is -2.52. The number of anilines is 2. The molecule has 2 N–H and O–H groups in total. The fourth-order valence-corrected chi connectivity index (χ4v) is 5.79. The molecule has 0 bridgehead atoms. The number of halogens is 2. The van der Waals surface area contributed by atoms with E-state index in [2.05, 4.69) is 15.0 Å². The lowest BCUT2D eigenvalue weighted by atomic mass is 10.2. The first-order valence-corrected chi connectivity index (χ1v) is 12.0. The van der Waals surface area contributed by atoms with Gasteiger partial charge in [0.15, 0.2) is 5.17 Å². The van der Waals surface area contributed by atoms with E-state index >= 15 is 0 Å². The highest BCUT2D eigenvalue weighted by molar-refractivity contribution is 8.15. The lowest BCUT2D eigenvalue weighted by Crippen LogP contribution is -2.18. The largest absolute Gasteiger partial charge is 0.334 e. The number of aryl methyl sites for hydroxylation is 1. The number of benzene rings is 3. The Balaban J connectivity index is 1.62. The maximum Gasteiger partial charge on any atom is 0.285 e. The standard InChI is InChI=1S/C21H15Cl2N3O3S2/c1-12-2-6-15(7-3-12)25-21-26-31(28,29)19-10-16(17(23)11-18(19)30-21)20(27)24-14-8-4-13(22)5-9-14/h2-11H,1H3,(H,24,27)(H,25,26). The first-order valence-electron chi connectivity index (χ1n) is 8.98. The van der Waals surface area contributed by atoms with Crippen LogP contribution in [0.15, 0.2) is 74.9 Å². The maximum absolute atomic E-state index is 12.8. The summed E-state index contributed by atoms with van der Waals surface area (Å²) in [5, 5.41) is 6.53. The summed E-state index contributed by atoms with van der Waals surface area (Å²) >= 11 is 13.3. The summed E-state index contributed by atoms with van der Waals surface area (Å²) < 4.78 is 29.4. The third-order valence-corrected chi connectivity index (χ3v) is 7.44. The van der Waals surface area contributed by atoms with Gasteiger partial charge in [-0.2, -0.15) is 8.42 Å². The molecule has 0 fully saturated rings. The molecule has 1 amide bonds. The SMILES string of the molecule is Cc1ccc(NC2=NS(=O)(=O)c3cc(C(=O)Nc4ccc(Cl)cc4)c(Cl)cc3S2)cc1. The van der Waals surface area contributed by atoms with E-state index in [0.717, 1.165) is 17.3 Å². The lowest BCUT2D eigenvalue weighted by Gasteiger charge is -2.18. The van der Waals surface area contributed by atoms with Crippen LogP contribution in [0.4, 0.5) is 11.4 Å². The van der Waals surface area contributed by atoms with Crippen molar-refractivity contribution in [2.24, 2.45) is 4.40 Å². The number of nitrogens with one attached hydrogen (secondary N) is 2. The van der Waals surface area contributed by atoms with E-state index in [1.807, 2.05) is 31.2 Å². The number of amides is 1. The molecule has 10 heteroatoms. The summed E-state index contributed by atoms with van der Waals surface area (Å²) in [6.07, 6.45) is 0. The number of carbonyl (C=O) groups excluding carboxylic acids is 1. The van der Waals surface area contributed by atoms with Crippen LogP contribution in [0.25, 0.3) is 0 Å². The zero-order valence-corrected chi connectivity index (χ0v) is 19.2. The maximum atomic E-state index is 12.8. The van der Waals surface area contributed by atoms with Gasteiger partial charge in [0.05, 0.1) is 10.6 Å². The number of sulfonamides is 1. The molecule has 0 saturated carbocycles. The van der Waals surface area contributed by atoms with Crippen molar-refractivity contribution in [3.63, 3.8) is 0 Å². The molecular formula is C21H15Cl2N3O3S2. The van der Waals surface area contributed by atoms with Gasteiger partial charge in [-0.25, -0.2) is 0 Å². The molecule has 3 aromatic carbocycles. The van der Waals surface area contributed by atoms with Crippen LogP contribution in [0.3, 0.4) is 0 Å². The Kier molecular flexibility index (Phi) is 5.98. The first kappa shape index (κ1) is 21.7. The van der Waals surface area contributed by atoms with Gasteiger partial charge in [0.25, 0.3) is 15.9 Å². The van der Waals surface area contributed by atoms with Gasteiger partial charge in [-0.15, -0.1) is 4.40 Å². The minimum absolute atomic E-state index is 0.0321. The normalized spacial score (nSPS) is 14.4. The van der Waals surface area contributed by atoms with Crippen molar-refractivity contribution < 1.29 is 13.2 Å². The molecule has 0 atom stereocenters. The summed E-state index contributed by atoms with van der Waals surface area (Å²) in [6.45, 7) is 1.96. The third-order valence-electron chi connectivity index (χ3n) is 4.37. The Morgan fingerprint density at radius 1 is 0.968 bits per heavy atom. The molecule has 0 spiro atoms. The molecule has 1 heterocycles. The van der Waals surface area contributed by atoms with Gasteiger partial charge < -0.3 is 10.6 Å². The highest BCUT2D eigenvalue weighted by Gasteiger charge is 2.29. The molecule has 0 aromatic heterocycles. The van der Waals surface area contributed by atoms with Gasteiger partial charge in [-0.3, -0.25) is 4.79 Å². The minimum Gasteiger partial charge on any atom is -0.334 e. The van der Waals surface area contributed by atoms with E-state index in [0.29, 0.717) is 21.3 Å². The molecule has 0 aliphatic carbocycles. The molecule has 1 aliphatic rings. The smallest absolute Gasteiger partial charge is 0.285 e. The second-order valence-electron chi connectivity index (χ2n) is 6.70. The Bertz CT molecular complexity index is 1310. The molecule has 0 saturated heterocycles. The van der Waals surface area contributed by atoms with E-state index in [-0.39, 0.29) is 20.6 Å². The van der Waals surface area contributed by atoms with Crippen molar-refractivity contribution in [2.45, 2.75) is 16.7 Å². The first-order chi connectivity index (χ1) is 14.7. The Morgan fingerprint density at radius 3 is 2.29 bits per heavy atom. The Morgan fingerprint density at radius 2 is 1.61 bits per heavy atom. The highest BCUT2D eigenvalue weighted by Crippen LogP contribution is 2.38. The van der Waals surface area contributed by atoms with Gasteiger partial charge in [0, 0.05) is 21.3 Å². The van der Waals surface area contributed by atoms with E-state index in [9.17, 15) is 13.2 Å². The third kappa shape index (κ3) is 4.88. The van der Waals surface area contributed by atoms with E-state index in [1.165, 1.54) is 12.1 Å². The van der Waals surface area contributed by atoms with Gasteiger partial charge in [-0.1, -0.05) is 40.9 Å². The molecule has 4 rings (SSSR count). The number of thioether (sulfide) groups is 1. The average Bonchev–Trinajstić information content (AvgIpc) is 2.70. The molecule has 6 nitrogen and oxygen atoms in total. The number of nitrogens with zero attached hydrogens (tertiary/aromatic N) is 1. The second-order valence-corrected chi connectivity index (χ2v) is 10.2. The van der Waals surface area contributed by atoms with Crippen LogP contribution < -0.4 is 10.6 Å². The summed E-state index contributed by atoms with van der Waals surface area (Å²) in [4.78, 5) is 13.0. The second kappa shape index (κ2) is 8.55. The van der Waals surface area contributed by atoms with Gasteiger partial charge in [-0.05, 0) is 67.2 Å². The summed E-state index contributed by atoms with van der Waals surface area (Å²) in [5.41, 5.74) is 2.33. The molecule has 0 unspecified atom stereocenters. The monoisotopic (exact) mass is 491 g/mol. The molecule has 31 heavy (non-hydrogen) atoms. The van der Waals surface area contributed by atoms with Crippen LogP contribution in [0.2, 0.25) is 10.0 Å². The molecule has 3 aromatic rings. The minimum atomic E-state index is -4.02. The summed E-state index contributed by atoms with van der Waals surface area (Å²) in [5.74, 6) is -0.539. The number of hydrogen-bond acceptors (Lipinski definition) is 5. The summed E-state index contributed by atoms with van der Waals surface area (Å²) in [6, 6.07) is 16.7. The quantitative estimate of drug-likeness (QED) is 0.481. The molecule has 0 radical (unpaired) electrons. The predicted molar refractivity (Wildman–Crippen MR) is 126 cm³/mol. The number of carbonyl (C=O) groups is 1. The lowest BCUT2D eigenvalue weighted by molar-refractivity contribution is 0.102. The van der Waals surface area contributed by atoms with Crippen LogP contribution in [0.5, 0.6) is 0 Å². The van der Waals surface area contributed by atoms with Crippen molar-refractivity contribution in [2.75, 3.05) is 10.6 Å². The van der Waals surface area contributed by atoms with E-state index < -0.39 is 15.9 Å². The topological polar surface area (TPSA) is 87.6 Å². The van der Waals surface area contributed by atoms with Crippen LogP contribution in [0, 0.1) is 6.92 Å². The van der Waals surface area contributed by atoms with Crippen LogP contribution in [-0.4, -0.2) is 19.5 Å². The van der Waals surface area contributed by atoms with Gasteiger partial charge >= 0.3 is 0 Å². The van der Waals surface area contributed by atoms with Crippen molar-refractivity contribution >= 4 is 67.4 Å². The van der Waals surface area contributed by atoms with Gasteiger partial charge in [0.1, 0.15) is 4.90 Å². The molecule has 158 valence electrons. The van der Waals surface area contributed by atoms with Gasteiger partial charge in [0.2, 0.25) is 0 Å². The zero-order chi connectivity index (χ0) is 22.2. The predicted octanol–water partition coefficient (Wildman–Crippen LogP) is 5.82. The van der Waals surface area contributed by atoms with Crippen molar-refractivity contribution in [3.8, 4) is 0 Å². The molecular weight excluding hydrogens is 477 g/mol. The fraction of sp³-hybridized carbons (Fsp3) is 0.0476. The number of amidine groups is 1. The van der Waals surface area contributed by atoms with Crippen LogP contribution in [0.1, 0.15) is 15.9 Å². The Labute approximate surface area is 193 Å². The average molecular weight is 492 g/mol. The van der Waals surface area contributed by atoms with E-state index in [4.69, 9.17) is 23.2 Å². The van der Waals surface area contributed by atoms with Crippen molar-refractivity contribution in [1.29, 1.82) is 0 Å². The van der Waals surface area contributed by atoms with Crippen LogP contribution >= 0.6 is 35.0 Å². The highest BCUT2D eigenvalue weighted by atomic mass is 35.5. The number of hydrogen-bond donors (Lipinski definition) is 2. The van der Waals surface area contributed by atoms with Crippen LogP contribution in [-0.2, 0) is 10.0 Å². The number of rotatable bonds is 3. The fourth-order valence-electron chi connectivity index (χ4n) is 2.81. The zero-order valence-electron chi connectivity index (χ0n) is 16.0. The molecule has 1 aliphatic heterocycles. The van der Waals surface area contributed by atoms with Crippen molar-refractivity contribution in [1.82, 2.24) is 0 Å². The number of fused-ring (bicyclic) bond motifs is 1.